The predicted octanol–water partition coefficient (Wildman–Crippen LogP) is -0.599. The van der Waals surface area contributed by atoms with Gasteiger partial charge in [0.2, 0.25) is 5.91 Å². The smallest absolute Gasteiger partial charge is 0.321 e. The molecule has 0 heterocycles. The van der Waals surface area contributed by atoms with Gasteiger partial charge in [0.05, 0.1) is 5.75 Å². The molecule has 0 spiro atoms. The highest BCUT2D eigenvalue weighted by atomic mass is 32.2. The maximum atomic E-state index is 11.5. The van der Waals surface area contributed by atoms with Gasteiger partial charge in [-0.3, -0.25) is 9.59 Å². The Labute approximate surface area is 88.6 Å². The van der Waals surface area contributed by atoms with Crippen LogP contribution < -0.4 is 5.32 Å². The van der Waals surface area contributed by atoms with Crippen LogP contribution in [0.15, 0.2) is 0 Å². The van der Waals surface area contributed by atoms with Gasteiger partial charge in [0.15, 0.2) is 15.1 Å². The fraction of sp³-hybridized carbons (Fsp3) is 0.750. The predicted molar refractivity (Wildman–Crippen MR) is 54.2 cm³/mol. The summed E-state index contributed by atoms with van der Waals surface area (Å²) in [4.78, 5) is 21.4. The molecule has 88 valence electrons. The maximum absolute atomic E-state index is 11.5. The molecule has 0 aromatic heterocycles. The Bertz CT molecular complexity index is 335. The van der Waals surface area contributed by atoms with Gasteiger partial charge in [0.25, 0.3) is 0 Å². The van der Waals surface area contributed by atoms with Crippen molar-refractivity contribution in [1.82, 2.24) is 5.32 Å². The third-order valence-electron chi connectivity index (χ3n) is 1.97. The van der Waals surface area contributed by atoms with Crippen LogP contribution in [-0.2, 0) is 19.4 Å². The van der Waals surface area contributed by atoms with Crippen LogP contribution in [-0.4, -0.2) is 43.5 Å². The molecule has 0 aliphatic heterocycles. The molecular formula is C8H15NO5S. The van der Waals surface area contributed by atoms with Gasteiger partial charge in [0.1, 0.15) is 0 Å². The monoisotopic (exact) mass is 237 g/mol. The second-order valence-corrected chi connectivity index (χ2v) is 5.33. The quantitative estimate of drug-likeness (QED) is 0.642. The van der Waals surface area contributed by atoms with Crippen molar-refractivity contribution in [3.63, 3.8) is 0 Å². The van der Waals surface area contributed by atoms with Gasteiger partial charge in [0, 0.05) is 13.5 Å². The summed E-state index contributed by atoms with van der Waals surface area (Å²) in [7, 11) is -2.34. The van der Waals surface area contributed by atoms with Gasteiger partial charge in [-0.25, -0.2) is 8.42 Å². The minimum absolute atomic E-state index is 0.00537. The van der Waals surface area contributed by atoms with Crippen LogP contribution in [0, 0.1) is 0 Å². The van der Waals surface area contributed by atoms with Crippen molar-refractivity contribution in [2.75, 3.05) is 12.8 Å². The molecule has 0 aliphatic carbocycles. The fourth-order valence-electron chi connectivity index (χ4n) is 1.08. The number of sulfone groups is 1. The van der Waals surface area contributed by atoms with Crippen LogP contribution >= 0.6 is 0 Å². The van der Waals surface area contributed by atoms with Crippen LogP contribution in [0.2, 0.25) is 0 Å². The Balaban J connectivity index is 4.54. The number of carboxylic acids is 1. The summed E-state index contributed by atoms with van der Waals surface area (Å²) in [6.45, 7) is 1.48. The standard InChI is InChI=1S/C8H15NO5S/c1-3-6(8(11)12)15(13,14)5-4-7(10)9-2/h6H,3-5H2,1-2H3,(H,9,10)(H,11,12). The first-order valence-corrected chi connectivity index (χ1v) is 6.21. The molecule has 15 heavy (non-hydrogen) atoms. The molecule has 6 nitrogen and oxygen atoms in total. The third kappa shape index (κ3) is 4.28. The number of carbonyl (C=O) groups excluding carboxylic acids is 1. The number of aliphatic carboxylic acids is 1. The first-order chi connectivity index (χ1) is 6.85. The van der Waals surface area contributed by atoms with Crippen molar-refractivity contribution >= 4 is 21.7 Å². The molecular weight excluding hydrogens is 222 g/mol. The number of amides is 1. The lowest BCUT2D eigenvalue weighted by molar-refractivity contribution is -0.136. The van der Waals surface area contributed by atoms with E-state index in [4.69, 9.17) is 5.11 Å². The Morgan fingerprint density at radius 2 is 1.93 bits per heavy atom. The zero-order valence-electron chi connectivity index (χ0n) is 8.69. The summed E-state index contributed by atoms with van der Waals surface area (Å²) in [5.74, 6) is -2.22. The average molecular weight is 237 g/mol. The molecule has 0 fully saturated rings. The molecule has 0 bridgehead atoms. The number of carboxylic acid groups (broad SMARTS) is 1. The van der Waals surface area contributed by atoms with E-state index in [1.807, 2.05) is 0 Å². The van der Waals surface area contributed by atoms with Crippen molar-refractivity contribution < 1.29 is 23.1 Å². The topological polar surface area (TPSA) is 101 Å². The molecule has 0 radical (unpaired) electrons. The van der Waals surface area contributed by atoms with E-state index in [1.54, 1.807) is 0 Å². The SMILES string of the molecule is CCC(C(=O)O)S(=O)(=O)CCC(=O)NC. The lowest BCUT2D eigenvalue weighted by atomic mass is 10.3. The van der Waals surface area contributed by atoms with Gasteiger partial charge < -0.3 is 10.4 Å². The summed E-state index contributed by atoms with van der Waals surface area (Å²) in [5.41, 5.74) is 0. The minimum atomic E-state index is -3.74. The minimum Gasteiger partial charge on any atom is -0.480 e. The van der Waals surface area contributed by atoms with Crippen molar-refractivity contribution in [1.29, 1.82) is 0 Å². The van der Waals surface area contributed by atoms with E-state index in [2.05, 4.69) is 5.32 Å². The lowest BCUT2D eigenvalue weighted by Gasteiger charge is -2.10. The molecule has 1 amide bonds. The first kappa shape index (κ1) is 13.9. The molecule has 7 heteroatoms. The van der Waals surface area contributed by atoms with Crippen molar-refractivity contribution in [2.24, 2.45) is 0 Å². The number of hydrogen-bond donors (Lipinski definition) is 2. The Morgan fingerprint density at radius 3 is 2.27 bits per heavy atom. The van der Waals surface area contributed by atoms with E-state index in [0.717, 1.165) is 0 Å². The van der Waals surface area contributed by atoms with Gasteiger partial charge in [-0.05, 0) is 6.42 Å². The largest absolute Gasteiger partial charge is 0.480 e. The van der Waals surface area contributed by atoms with Crippen LogP contribution in [0.4, 0.5) is 0 Å². The van der Waals surface area contributed by atoms with E-state index >= 15 is 0 Å². The summed E-state index contributed by atoms with van der Waals surface area (Å²) in [6, 6.07) is 0. The molecule has 0 aromatic rings. The van der Waals surface area contributed by atoms with Crippen LogP contribution in [0.3, 0.4) is 0 Å². The maximum Gasteiger partial charge on any atom is 0.321 e. The molecule has 0 saturated heterocycles. The fourth-order valence-corrected chi connectivity index (χ4v) is 2.65. The third-order valence-corrected chi connectivity index (χ3v) is 4.15. The van der Waals surface area contributed by atoms with Gasteiger partial charge in [-0.1, -0.05) is 6.92 Å². The van der Waals surface area contributed by atoms with Crippen molar-refractivity contribution in [3.05, 3.63) is 0 Å². The Morgan fingerprint density at radius 1 is 1.40 bits per heavy atom. The number of nitrogens with one attached hydrogen (secondary N) is 1. The zero-order valence-corrected chi connectivity index (χ0v) is 9.50. The lowest BCUT2D eigenvalue weighted by Crippen LogP contribution is -2.33. The molecule has 2 N–H and O–H groups in total. The van der Waals surface area contributed by atoms with Crippen LogP contribution in [0.5, 0.6) is 0 Å². The summed E-state index contributed by atoms with van der Waals surface area (Å²) in [6.07, 6.45) is -0.200. The van der Waals surface area contributed by atoms with Crippen LogP contribution in [0.25, 0.3) is 0 Å². The normalized spacial score (nSPS) is 13.2. The van der Waals surface area contributed by atoms with E-state index in [9.17, 15) is 18.0 Å². The Hall–Kier alpha value is -1.11. The first-order valence-electron chi connectivity index (χ1n) is 4.50. The van der Waals surface area contributed by atoms with E-state index in [1.165, 1.54) is 14.0 Å². The second kappa shape index (κ2) is 5.69. The summed E-state index contributed by atoms with van der Waals surface area (Å²) >= 11 is 0. The highest BCUT2D eigenvalue weighted by molar-refractivity contribution is 7.92. The highest BCUT2D eigenvalue weighted by Gasteiger charge is 2.30. The van der Waals surface area contributed by atoms with Gasteiger partial charge >= 0.3 is 5.97 Å². The average Bonchev–Trinajstić information content (AvgIpc) is 2.14. The molecule has 0 aromatic carbocycles. The van der Waals surface area contributed by atoms with Gasteiger partial charge in [-0.2, -0.15) is 0 Å². The van der Waals surface area contributed by atoms with Crippen molar-refractivity contribution in [3.8, 4) is 0 Å². The molecule has 0 rings (SSSR count). The summed E-state index contributed by atoms with van der Waals surface area (Å²) < 4.78 is 22.9. The molecule has 0 aliphatic rings. The highest BCUT2D eigenvalue weighted by Crippen LogP contribution is 2.08. The number of carbonyl (C=O) groups is 2. The number of hydrogen-bond acceptors (Lipinski definition) is 4. The van der Waals surface area contributed by atoms with E-state index < -0.39 is 32.7 Å². The van der Waals surface area contributed by atoms with E-state index in [-0.39, 0.29) is 12.8 Å². The van der Waals surface area contributed by atoms with Crippen molar-refractivity contribution in [2.45, 2.75) is 25.0 Å². The second-order valence-electron chi connectivity index (χ2n) is 3.03. The van der Waals surface area contributed by atoms with Crippen LogP contribution in [0.1, 0.15) is 19.8 Å². The molecule has 0 saturated carbocycles. The van der Waals surface area contributed by atoms with E-state index in [0.29, 0.717) is 0 Å². The molecule has 1 unspecified atom stereocenters. The van der Waals surface area contributed by atoms with Gasteiger partial charge in [-0.15, -0.1) is 0 Å². The Kier molecular flexibility index (Phi) is 5.27. The zero-order chi connectivity index (χ0) is 12.1. The molecule has 1 atom stereocenters. The number of rotatable bonds is 6. The summed E-state index contributed by atoms with van der Waals surface area (Å²) in [5, 5.41) is 9.51.